The molecule has 2 aromatic heterocycles. The lowest BCUT2D eigenvalue weighted by Crippen LogP contribution is -2.37. The van der Waals surface area contributed by atoms with Crippen molar-refractivity contribution in [3.63, 3.8) is 0 Å². The van der Waals surface area contributed by atoms with Gasteiger partial charge in [-0.3, -0.25) is 19.6 Å². The second-order valence-corrected chi connectivity index (χ2v) is 6.44. The van der Waals surface area contributed by atoms with Crippen molar-refractivity contribution in [2.75, 3.05) is 7.05 Å². The summed E-state index contributed by atoms with van der Waals surface area (Å²) >= 11 is 1.63. The molecule has 0 unspecified atom stereocenters. The number of likely N-dealkylation sites (N-methyl/N-ethyl adjacent to an activating group) is 1. The largest absolute Gasteiger partial charge is 0.337 e. The SMILES string of the molecule is CCn1nc(C)c([N+](=O)[O-])c1C(=O)N(C)[C@@H](C)Cc1cccs1. The van der Waals surface area contributed by atoms with Gasteiger partial charge in [-0.25, -0.2) is 0 Å². The molecule has 0 aromatic carbocycles. The minimum atomic E-state index is -0.528. The first kappa shape index (κ1) is 17.1. The fourth-order valence-electron chi connectivity index (χ4n) is 2.46. The second kappa shape index (κ2) is 6.91. The number of nitro groups is 1. The van der Waals surface area contributed by atoms with Gasteiger partial charge < -0.3 is 4.90 Å². The van der Waals surface area contributed by atoms with E-state index < -0.39 is 4.92 Å². The van der Waals surface area contributed by atoms with Gasteiger partial charge in [-0.2, -0.15) is 5.10 Å². The van der Waals surface area contributed by atoms with Gasteiger partial charge in [0.2, 0.25) is 5.69 Å². The summed E-state index contributed by atoms with van der Waals surface area (Å²) in [6, 6.07) is 3.92. The predicted octanol–water partition coefficient (Wildman–Crippen LogP) is 2.88. The number of rotatable bonds is 6. The van der Waals surface area contributed by atoms with Crippen molar-refractivity contribution in [1.29, 1.82) is 0 Å². The van der Waals surface area contributed by atoms with Gasteiger partial charge in [-0.15, -0.1) is 11.3 Å². The van der Waals surface area contributed by atoms with Crippen molar-refractivity contribution in [1.82, 2.24) is 14.7 Å². The number of hydrogen-bond acceptors (Lipinski definition) is 5. The Morgan fingerprint density at radius 3 is 2.78 bits per heavy atom. The Labute approximate surface area is 138 Å². The normalized spacial score (nSPS) is 12.2. The lowest BCUT2D eigenvalue weighted by molar-refractivity contribution is -0.385. The molecule has 2 aromatic rings. The summed E-state index contributed by atoms with van der Waals surface area (Å²) in [6.45, 7) is 5.70. The van der Waals surface area contributed by atoms with Gasteiger partial charge in [-0.05, 0) is 32.2 Å². The van der Waals surface area contributed by atoms with Crippen LogP contribution in [-0.2, 0) is 13.0 Å². The van der Waals surface area contributed by atoms with Crippen LogP contribution < -0.4 is 0 Å². The summed E-state index contributed by atoms with van der Waals surface area (Å²) < 4.78 is 1.41. The maximum absolute atomic E-state index is 12.8. The molecule has 0 aliphatic carbocycles. The predicted molar refractivity (Wildman–Crippen MR) is 88.9 cm³/mol. The molecular weight excluding hydrogens is 316 g/mol. The van der Waals surface area contributed by atoms with Gasteiger partial charge >= 0.3 is 5.69 Å². The Morgan fingerprint density at radius 2 is 2.26 bits per heavy atom. The van der Waals surface area contributed by atoms with Crippen molar-refractivity contribution in [2.45, 2.75) is 39.8 Å². The standard InChI is InChI=1S/C15H20N4O3S/c1-5-18-14(13(19(21)22)11(3)16-18)15(20)17(4)10(2)9-12-7-6-8-23-12/h6-8,10H,5,9H2,1-4H3/t10-/m0/s1. The molecule has 8 heteroatoms. The molecule has 2 rings (SSSR count). The number of thiophene rings is 1. The molecule has 2 heterocycles. The van der Waals surface area contributed by atoms with Gasteiger partial charge in [0.25, 0.3) is 5.91 Å². The van der Waals surface area contributed by atoms with Crippen LogP contribution in [0.3, 0.4) is 0 Å². The zero-order chi connectivity index (χ0) is 17.1. The second-order valence-electron chi connectivity index (χ2n) is 5.40. The molecule has 7 nitrogen and oxygen atoms in total. The average Bonchev–Trinajstić information content (AvgIpc) is 3.12. The molecule has 0 aliphatic heterocycles. The summed E-state index contributed by atoms with van der Waals surface area (Å²) in [6.07, 6.45) is 0.715. The quantitative estimate of drug-likeness (QED) is 0.600. The molecule has 124 valence electrons. The number of hydrogen-bond donors (Lipinski definition) is 0. The Kier molecular flexibility index (Phi) is 5.15. The first-order valence-corrected chi connectivity index (χ1v) is 8.26. The van der Waals surface area contributed by atoms with Crippen LogP contribution in [0, 0.1) is 17.0 Å². The molecule has 0 bridgehead atoms. The van der Waals surface area contributed by atoms with Gasteiger partial charge in [0.05, 0.1) is 4.92 Å². The van der Waals surface area contributed by atoms with E-state index in [1.165, 1.54) is 9.56 Å². The number of carbonyl (C=O) groups excluding carboxylic acids is 1. The minimum Gasteiger partial charge on any atom is -0.337 e. The first-order chi connectivity index (χ1) is 10.9. The van der Waals surface area contributed by atoms with Crippen LogP contribution in [-0.4, -0.2) is 38.6 Å². The van der Waals surface area contributed by atoms with Gasteiger partial charge in [-0.1, -0.05) is 6.07 Å². The van der Waals surface area contributed by atoms with E-state index in [2.05, 4.69) is 5.10 Å². The highest BCUT2D eigenvalue weighted by Crippen LogP contribution is 2.25. The third kappa shape index (κ3) is 3.42. The summed E-state index contributed by atoms with van der Waals surface area (Å²) in [5.41, 5.74) is 0.113. The minimum absolute atomic E-state index is 0.0514. The molecule has 0 N–H and O–H groups in total. The van der Waals surface area contributed by atoms with E-state index in [4.69, 9.17) is 0 Å². The van der Waals surface area contributed by atoms with E-state index in [-0.39, 0.29) is 29.0 Å². The zero-order valence-corrected chi connectivity index (χ0v) is 14.5. The molecule has 0 spiro atoms. The van der Waals surface area contributed by atoms with Crippen LogP contribution in [0.4, 0.5) is 5.69 Å². The van der Waals surface area contributed by atoms with Crippen LogP contribution in [0.1, 0.15) is 34.9 Å². The lowest BCUT2D eigenvalue weighted by atomic mass is 10.1. The molecule has 0 saturated heterocycles. The van der Waals surface area contributed by atoms with E-state index in [9.17, 15) is 14.9 Å². The number of carbonyl (C=O) groups is 1. The lowest BCUT2D eigenvalue weighted by Gasteiger charge is -2.24. The summed E-state index contributed by atoms with van der Waals surface area (Å²) in [4.78, 5) is 26.3. The first-order valence-electron chi connectivity index (χ1n) is 7.38. The molecule has 0 saturated carbocycles. The van der Waals surface area contributed by atoms with Crippen LogP contribution in [0.25, 0.3) is 0 Å². The fraction of sp³-hybridized carbons (Fsp3) is 0.467. The van der Waals surface area contributed by atoms with Gasteiger partial charge in [0, 0.05) is 30.9 Å². The molecule has 1 atom stereocenters. The highest BCUT2D eigenvalue weighted by molar-refractivity contribution is 7.09. The number of nitrogens with zero attached hydrogens (tertiary/aromatic N) is 4. The van der Waals surface area contributed by atoms with E-state index in [0.29, 0.717) is 13.0 Å². The van der Waals surface area contributed by atoms with Crippen molar-refractivity contribution in [2.24, 2.45) is 0 Å². The number of aromatic nitrogens is 2. The van der Waals surface area contributed by atoms with E-state index in [1.807, 2.05) is 31.4 Å². The van der Waals surface area contributed by atoms with Crippen LogP contribution >= 0.6 is 11.3 Å². The molecule has 1 amide bonds. The maximum Gasteiger partial charge on any atom is 0.322 e. The summed E-state index contributed by atoms with van der Waals surface area (Å²) in [7, 11) is 1.67. The molecule has 0 radical (unpaired) electrons. The number of aryl methyl sites for hydroxylation is 2. The van der Waals surface area contributed by atoms with Crippen LogP contribution in [0.5, 0.6) is 0 Å². The van der Waals surface area contributed by atoms with Crippen molar-refractivity contribution >= 4 is 22.9 Å². The topological polar surface area (TPSA) is 81.3 Å². The van der Waals surface area contributed by atoms with Crippen molar-refractivity contribution in [3.05, 3.63) is 43.9 Å². The third-order valence-electron chi connectivity index (χ3n) is 3.84. The Balaban J connectivity index is 2.30. The summed E-state index contributed by atoms with van der Waals surface area (Å²) in [5, 5.41) is 17.4. The highest BCUT2D eigenvalue weighted by atomic mass is 32.1. The van der Waals surface area contributed by atoms with Crippen molar-refractivity contribution < 1.29 is 9.72 Å². The van der Waals surface area contributed by atoms with E-state index in [0.717, 1.165) is 0 Å². The Morgan fingerprint density at radius 1 is 1.57 bits per heavy atom. The Bertz CT molecular complexity index is 709. The zero-order valence-electron chi connectivity index (χ0n) is 13.6. The highest BCUT2D eigenvalue weighted by Gasteiger charge is 2.33. The van der Waals surface area contributed by atoms with Gasteiger partial charge in [0.1, 0.15) is 5.69 Å². The Hall–Kier alpha value is -2.22. The smallest absolute Gasteiger partial charge is 0.322 e. The van der Waals surface area contributed by atoms with Crippen LogP contribution in [0.15, 0.2) is 17.5 Å². The fourth-order valence-corrected chi connectivity index (χ4v) is 3.28. The molecule has 0 fully saturated rings. The van der Waals surface area contributed by atoms with E-state index >= 15 is 0 Å². The summed E-state index contributed by atoms with van der Waals surface area (Å²) in [5.74, 6) is -0.372. The molecule has 23 heavy (non-hydrogen) atoms. The maximum atomic E-state index is 12.8. The number of amides is 1. The van der Waals surface area contributed by atoms with Crippen LogP contribution in [0.2, 0.25) is 0 Å². The monoisotopic (exact) mass is 336 g/mol. The average molecular weight is 336 g/mol. The van der Waals surface area contributed by atoms with Crippen molar-refractivity contribution in [3.8, 4) is 0 Å². The molecule has 0 aliphatic rings. The molecular formula is C15H20N4O3S. The van der Waals surface area contributed by atoms with E-state index in [1.54, 1.807) is 30.2 Å². The third-order valence-corrected chi connectivity index (χ3v) is 4.74. The van der Waals surface area contributed by atoms with Gasteiger partial charge in [0.15, 0.2) is 0 Å².